The van der Waals surface area contributed by atoms with Gasteiger partial charge in [0.2, 0.25) is 0 Å². The van der Waals surface area contributed by atoms with E-state index in [1.165, 1.54) is 5.56 Å². The number of benzene rings is 1. The van der Waals surface area contributed by atoms with Crippen molar-refractivity contribution in [3.05, 3.63) is 29.3 Å². The maximum atomic E-state index is 5.91. The highest BCUT2D eigenvalue weighted by Crippen LogP contribution is 2.33. The predicted molar refractivity (Wildman–Crippen MR) is 81.1 cm³/mol. The number of hydrogen-bond donors (Lipinski definition) is 1. The van der Waals surface area contributed by atoms with Gasteiger partial charge in [0, 0.05) is 19.1 Å². The minimum atomic E-state index is 0.0546. The monoisotopic (exact) mass is 278 g/mol. The van der Waals surface area contributed by atoms with Crippen LogP contribution in [0.1, 0.15) is 31.0 Å². The summed E-state index contributed by atoms with van der Waals surface area (Å²) < 4.78 is 11.2. The third-order valence-electron chi connectivity index (χ3n) is 4.05. The molecule has 0 bridgehead atoms. The molecule has 112 valence electrons. The lowest BCUT2D eigenvalue weighted by Crippen LogP contribution is -2.50. The minimum Gasteiger partial charge on any atom is -0.496 e. The zero-order valence-corrected chi connectivity index (χ0v) is 12.9. The van der Waals surface area contributed by atoms with Gasteiger partial charge in [0.05, 0.1) is 25.9 Å². The molecule has 0 amide bonds. The quantitative estimate of drug-likeness (QED) is 0.916. The van der Waals surface area contributed by atoms with E-state index in [0.29, 0.717) is 12.6 Å². The van der Waals surface area contributed by atoms with Crippen LogP contribution in [0.2, 0.25) is 0 Å². The Morgan fingerprint density at radius 3 is 2.75 bits per heavy atom. The standard InChI is InChI=1S/C16H26N2O2/c1-11(2)18-7-8-20-15(10-17)16(18)13-5-6-14(19-4)12(3)9-13/h5-6,9,11,15-16H,7-8,10,17H2,1-4H3. The molecule has 20 heavy (non-hydrogen) atoms. The van der Waals surface area contributed by atoms with Crippen LogP contribution in [0.15, 0.2) is 18.2 Å². The molecule has 1 aliphatic heterocycles. The smallest absolute Gasteiger partial charge is 0.121 e. The third-order valence-corrected chi connectivity index (χ3v) is 4.05. The van der Waals surface area contributed by atoms with Gasteiger partial charge in [0.1, 0.15) is 5.75 Å². The summed E-state index contributed by atoms with van der Waals surface area (Å²) in [6, 6.07) is 7.05. The molecule has 2 atom stereocenters. The molecule has 0 saturated carbocycles. The van der Waals surface area contributed by atoms with Crippen LogP contribution >= 0.6 is 0 Å². The Morgan fingerprint density at radius 1 is 1.45 bits per heavy atom. The topological polar surface area (TPSA) is 47.7 Å². The Balaban J connectivity index is 2.35. The fraction of sp³-hybridized carbons (Fsp3) is 0.625. The van der Waals surface area contributed by atoms with Crippen LogP contribution in [-0.2, 0) is 4.74 Å². The van der Waals surface area contributed by atoms with Crippen molar-refractivity contribution in [1.82, 2.24) is 4.90 Å². The van der Waals surface area contributed by atoms with Crippen LogP contribution in [0.3, 0.4) is 0 Å². The van der Waals surface area contributed by atoms with E-state index in [9.17, 15) is 0 Å². The molecule has 4 heteroatoms. The fourth-order valence-corrected chi connectivity index (χ4v) is 3.02. The third kappa shape index (κ3) is 2.97. The first-order chi connectivity index (χ1) is 9.58. The second-order valence-electron chi connectivity index (χ2n) is 5.65. The SMILES string of the molecule is COc1ccc(C2C(CN)OCCN2C(C)C)cc1C. The van der Waals surface area contributed by atoms with Crippen molar-refractivity contribution in [1.29, 1.82) is 0 Å². The van der Waals surface area contributed by atoms with Crippen molar-refractivity contribution in [2.24, 2.45) is 5.73 Å². The second kappa shape index (κ2) is 6.57. The number of rotatable bonds is 4. The Kier molecular flexibility index (Phi) is 5.02. The average Bonchev–Trinajstić information content (AvgIpc) is 2.46. The lowest BCUT2D eigenvalue weighted by atomic mass is 9.95. The van der Waals surface area contributed by atoms with Crippen molar-refractivity contribution in [3.8, 4) is 5.75 Å². The van der Waals surface area contributed by atoms with E-state index in [2.05, 4.69) is 37.8 Å². The highest BCUT2D eigenvalue weighted by atomic mass is 16.5. The van der Waals surface area contributed by atoms with Gasteiger partial charge in [-0.2, -0.15) is 0 Å². The summed E-state index contributed by atoms with van der Waals surface area (Å²) in [5.74, 6) is 0.922. The van der Waals surface area contributed by atoms with Gasteiger partial charge in [0.15, 0.2) is 0 Å². The lowest BCUT2D eigenvalue weighted by molar-refractivity contribution is -0.0789. The molecule has 1 aliphatic rings. The van der Waals surface area contributed by atoms with Crippen LogP contribution in [0.4, 0.5) is 0 Å². The van der Waals surface area contributed by atoms with Crippen LogP contribution < -0.4 is 10.5 Å². The highest BCUT2D eigenvalue weighted by molar-refractivity contribution is 5.38. The molecule has 1 heterocycles. The van der Waals surface area contributed by atoms with E-state index >= 15 is 0 Å². The summed E-state index contributed by atoms with van der Waals surface area (Å²) in [6.07, 6.45) is 0.0546. The fourth-order valence-electron chi connectivity index (χ4n) is 3.02. The number of morpholine rings is 1. The highest BCUT2D eigenvalue weighted by Gasteiger charge is 2.34. The second-order valence-corrected chi connectivity index (χ2v) is 5.65. The van der Waals surface area contributed by atoms with E-state index in [1.807, 2.05) is 6.07 Å². The summed E-state index contributed by atoms with van der Waals surface area (Å²) in [4.78, 5) is 2.47. The lowest BCUT2D eigenvalue weighted by Gasteiger charge is -2.43. The molecule has 1 saturated heterocycles. The molecule has 2 N–H and O–H groups in total. The molecule has 1 aromatic carbocycles. The summed E-state index contributed by atoms with van der Waals surface area (Å²) in [5, 5.41) is 0. The molecule has 2 unspecified atom stereocenters. The summed E-state index contributed by atoms with van der Waals surface area (Å²) in [7, 11) is 1.70. The molecule has 4 nitrogen and oxygen atoms in total. The van der Waals surface area contributed by atoms with Crippen LogP contribution in [0.25, 0.3) is 0 Å². The number of aryl methyl sites for hydroxylation is 1. The number of nitrogens with two attached hydrogens (primary N) is 1. The molecule has 0 radical (unpaired) electrons. The predicted octanol–water partition coefficient (Wildman–Crippen LogP) is 2.11. The van der Waals surface area contributed by atoms with E-state index < -0.39 is 0 Å². The van der Waals surface area contributed by atoms with Crippen molar-refractivity contribution >= 4 is 0 Å². The van der Waals surface area contributed by atoms with Gasteiger partial charge < -0.3 is 15.2 Å². The Hall–Kier alpha value is -1.10. The molecule has 0 aliphatic carbocycles. The van der Waals surface area contributed by atoms with Gasteiger partial charge in [-0.25, -0.2) is 0 Å². The Labute approximate surface area is 121 Å². The normalized spacial score (nSPS) is 24.1. The number of nitrogens with zero attached hydrogens (tertiary/aromatic N) is 1. The van der Waals surface area contributed by atoms with Crippen molar-refractivity contribution in [3.63, 3.8) is 0 Å². The first kappa shape index (κ1) is 15.3. The van der Waals surface area contributed by atoms with Gasteiger partial charge in [0.25, 0.3) is 0 Å². The molecular formula is C16H26N2O2. The average molecular weight is 278 g/mol. The van der Waals surface area contributed by atoms with E-state index in [1.54, 1.807) is 7.11 Å². The number of ether oxygens (including phenoxy) is 2. The van der Waals surface area contributed by atoms with Gasteiger partial charge in [-0.3, -0.25) is 4.90 Å². The van der Waals surface area contributed by atoms with Crippen LogP contribution in [0, 0.1) is 6.92 Å². The largest absolute Gasteiger partial charge is 0.496 e. The van der Waals surface area contributed by atoms with E-state index in [0.717, 1.165) is 24.5 Å². The first-order valence-electron chi connectivity index (χ1n) is 7.30. The molecule has 2 rings (SSSR count). The summed E-state index contributed by atoms with van der Waals surface area (Å²) in [5.41, 5.74) is 8.32. The maximum absolute atomic E-state index is 5.91. The molecule has 0 spiro atoms. The minimum absolute atomic E-state index is 0.0546. The summed E-state index contributed by atoms with van der Waals surface area (Å²) in [6.45, 7) is 8.77. The molecule has 0 aromatic heterocycles. The van der Waals surface area contributed by atoms with Gasteiger partial charge in [-0.05, 0) is 38.0 Å². The maximum Gasteiger partial charge on any atom is 0.121 e. The first-order valence-corrected chi connectivity index (χ1v) is 7.30. The van der Waals surface area contributed by atoms with E-state index in [4.69, 9.17) is 15.2 Å². The van der Waals surface area contributed by atoms with Crippen LogP contribution in [0.5, 0.6) is 5.75 Å². The molecule has 1 fully saturated rings. The zero-order valence-electron chi connectivity index (χ0n) is 12.9. The Bertz CT molecular complexity index is 448. The van der Waals surface area contributed by atoms with Gasteiger partial charge in [-0.1, -0.05) is 12.1 Å². The van der Waals surface area contributed by atoms with Crippen molar-refractivity contribution in [2.45, 2.75) is 39.0 Å². The Morgan fingerprint density at radius 2 is 2.20 bits per heavy atom. The zero-order chi connectivity index (χ0) is 14.7. The van der Waals surface area contributed by atoms with Crippen LogP contribution in [-0.4, -0.2) is 43.9 Å². The summed E-state index contributed by atoms with van der Waals surface area (Å²) >= 11 is 0. The van der Waals surface area contributed by atoms with Crippen molar-refractivity contribution in [2.75, 3.05) is 26.8 Å². The van der Waals surface area contributed by atoms with Crippen molar-refractivity contribution < 1.29 is 9.47 Å². The van der Waals surface area contributed by atoms with Gasteiger partial charge >= 0.3 is 0 Å². The molecular weight excluding hydrogens is 252 g/mol. The number of methoxy groups -OCH3 is 1. The number of hydrogen-bond acceptors (Lipinski definition) is 4. The van der Waals surface area contributed by atoms with E-state index in [-0.39, 0.29) is 12.1 Å². The van der Waals surface area contributed by atoms with Gasteiger partial charge in [-0.15, -0.1) is 0 Å². The molecule has 1 aromatic rings.